The first-order chi connectivity index (χ1) is 16.0. The van der Waals surface area contributed by atoms with Gasteiger partial charge in [-0.3, -0.25) is 19.6 Å². The molecular weight excluding hydrogens is 423 g/mol. The van der Waals surface area contributed by atoms with E-state index in [-0.39, 0.29) is 30.8 Å². The molecule has 0 saturated carbocycles. The molecule has 8 nitrogen and oxygen atoms in total. The Hall–Kier alpha value is -4.01. The van der Waals surface area contributed by atoms with Crippen LogP contribution in [0.15, 0.2) is 59.7 Å². The highest BCUT2D eigenvalue weighted by atomic mass is 19.1. The fourth-order valence-electron chi connectivity index (χ4n) is 4.14. The lowest BCUT2D eigenvalue weighted by Gasteiger charge is -2.37. The van der Waals surface area contributed by atoms with E-state index in [9.17, 15) is 14.0 Å². The molecule has 0 unspecified atom stereocenters. The molecule has 1 aromatic heterocycles. The van der Waals surface area contributed by atoms with E-state index in [0.29, 0.717) is 24.7 Å². The van der Waals surface area contributed by atoms with Gasteiger partial charge in [0.15, 0.2) is 5.82 Å². The summed E-state index contributed by atoms with van der Waals surface area (Å²) < 4.78 is 14.8. The first kappa shape index (κ1) is 20.9. The summed E-state index contributed by atoms with van der Waals surface area (Å²) in [4.78, 5) is 33.9. The maximum absolute atomic E-state index is 13.4. The predicted molar refractivity (Wildman–Crippen MR) is 122 cm³/mol. The molecule has 3 amide bonds. The molecule has 2 aliphatic rings. The Labute approximate surface area is 190 Å². The van der Waals surface area contributed by atoms with Gasteiger partial charge in [-0.05, 0) is 42.7 Å². The van der Waals surface area contributed by atoms with E-state index in [0.717, 1.165) is 28.8 Å². The number of fused-ring (bicyclic) bond motifs is 3. The maximum Gasteiger partial charge on any atom is 0.331 e. The molecule has 3 aromatic rings. The van der Waals surface area contributed by atoms with Gasteiger partial charge in [-0.1, -0.05) is 30.3 Å². The van der Waals surface area contributed by atoms with Crippen molar-refractivity contribution in [3.8, 4) is 5.69 Å². The van der Waals surface area contributed by atoms with Crippen LogP contribution in [0.5, 0.6) is 0 Å². The van der Waals surface area contributed by atoms with Gasteiger partial charge in [0.2, 0.25) is 5.91 Å². The summed E-state index contributed by atoms with van der Waals surface area (Å²) in [7, 11) is 0. The van der Waals surface area contributed by atoms with Crippen molar-refractivity contribution in [2.24, 2.45) is 4.99 Å². The number of rotatable bonds is 5. The third kappa shape index (κ3) is 3.86. The van der Waals surface area contributed by atoms with Crippen LogP contribution in [0.25, 0.3) is 5.69 Å². The minimum Gasteiger partial charge on any atom is -0.350 e. The summed E-state index contributed by atoms with van der Waals surface area (Å²) in [5.74, 6) is 0.473. The topological polar surface area (TPSA) is 82.8 Å². The largest absolute Gasteiger partial charge is 0.350 e. The minimum atomic E-state index is -0.333. The lowest BCUT2D eigenvalue weighted by atomic mass is 10.1. The molecule has 2 aliphatic heterocycles. The predicted octanol–water partition coefficient (Wildman–Crippen LogP) is 3.03. The summed E-state index contributed by atoms with van der Waals surface area (Å²) in [6.07, 6.45) is 2.47. The first-order valence-electron chi connectivity index (χ1n) is 10.8. The molecule has 9 heteroatoms. The van der Waals surface area contributed by atoms with Crippen LogP contribution in [-0.4, -0.2) is 52.1 Å². The van der Waals surface area contributed by atoms with Crippen molar-refractivity contribution in [2.75, 3.05) is 24.5 Å². The molecular formula is C24H23FN6O2. The van der Waals surface area contributed by atoms with Crippen LogP contribution >= 0.6 is 0 Å². The number of aromatic nitrogens is 2. The first-order valence-corrected chi connectivity index (χ1v) is 10.8. The zero-order valence-corrected chi connectivity index (χ0v) is 18.2. The highest BCUT2D eigenvalue weighted by Crippen LogP contribution is 2.33. The van der Waals surface area contributed by atoms with Gasteiger partial charge in [-0.15, -0.1) is 0 Å². The zero-order valence-electron chi connectivity index (χ0n) is 18.2. The molecule has 0 saturated heterocycles. The van der Waals surface area contributed by atoms with Crippen LogP contribution in [0.4, 0.5) is 15.0 Å². The molecule has 3 heterocycles. The summed E-state index contributed by atoms with van der Waals surface area (Å²) in [5.41, 5.74) is 3.31. The number of amidine groups is 1. The second kappa shape index (κ2) is 8.50. The Bertz CT molecular complexity index is 1250. The van der Waals surface area contributed by atoms with Gasteiger partial charge in [0, 0.05) is 19.6 Å². The van der Waals surface area contributed by atoms with Crippen molar-refractivity contribution in [1.82, 2.24) is 20.0 Å². The fraction of sp³-hybridized carbons (Fsp3) is 0.250. The van der Waals surface area contributed by atoms with Crippen LogP contribution in [0.3, 0.4) is 0 Å². The number of urea groups is 1. The molecule has 0 fully saturated rings. The van der Waals surface area contributed by atoms with Gasteiger partial charge in [0.05, 0.1) is 17.4 Å². The number of halogens is 1. The van der Waals surface area contributed by atoms with Crippen molar-refractivity contribution >= 4 is 23.6 Å². The number of para-hydroxylation sites is 1. The third-order valence-electron chi connectivity index (χ3n) is 5.81. The van der Waals surface area contributed by atoms with Crippen molar-refractivity contribution in [3.05, 3.63) is 77.2 Å². The maximum atomic E-state index is 13.4. The van der Waals surface area contributed by atoms with Crippen LogP contribution < -0.4 is 10.2 Å². The number of carbonyl (C=O) groups is 2. The molecule has 0 bridgehead atoms. The summed E-state index contributed by atoms with van der Waals surface area (Å²) in [6, 6.07) is 13.4. The normalized spacial score (nSPS) is 15.1. The zero-order chi connectivity index (χ0) is 22.9. The third-order valence-corrected chi connectivity index (χ3v) is 5.81. The number of benzene rings is 2. The quantitative estimate of drug-likeness (QED) is 0.654. The highest BCUT2D eigenvalue weighted by molar-refractivity contribution is 6.19. The van der Waals surface area contributed by atoms with Gasteiger partial charge in [0.25, 0.3) is 0 Å². The van der Waals surface area contributed by atoms with Crippen LogP contribution in [0.1, 0.15) is 23.1 Å². The van der Waals surface area contributed by atoms with Crippen LogP contribution in [0.2, 0.25) is 0 Å². The number of anilines is 1. The van der Waals surface area contributed by atoms with E-state index in [1.165, 1.54) is 17.0 Å². The molecule has 0 spiro atoms. The number of hydrogen-bond acceptors (Lipinski definition) is 4. The van der Waals surface area contributed by atoms with E-state index in [1.807, 2.05) is 31.2 Å². The van der Waals surface area contributed by atoms with E-state index < -0.39 is 0 Å². The van der Waals surface area contributed by atoms with Crippen molar-refractivity contribution in [2.45, 2.75) is 19.9 Å². The van der Waals surface area contributed by atoms with E-state index in [2.05, 4.69) is 15.4 Å². The Kier molecular flexibility index (Phi) is 5.37. The Balaban J connectivity index is 1.47. The second-order valence-corrected chi connectivity index (χ2v) is 8.06. The number of aryl methyl sites for hydroxylation is 1. The van der Waals surface area contributed by atoms with Gasteiger partial charge in [0.1, 0.15) is 18.2 Å². The standard InChI is InChI=1S/C24H23FN6O2/c1-16-5-2-3-6-20(16)31-23-19(14-28-31)22-26-11-4-12-29(22)24(33)30(23)15-21(32)27-13-17-7-9-18(25)10-8-17/h2-3,5-10,14H,4,11-13,15H2,1H3,(H,27,32). The van der Waals surface area contributed by atoms with Crippen LogP contribution in [0, 0.1) is 12.7 Å². The summed E-state index contributed by atoms with van der Waals surface area (Å²) in [5, 5.41) is 7.38. The van der Waals surface area contributed by atoms with E-state index in [1.54, 1.807) is 27.9 Å². The summed E-state index contributed by atoms with van der Waals surface area (Å²) >= 11 is 0. The lowest BCUT2D eigenvalue weighted by molar-refractivity contribution is -0.119. The molecule has 33 heavy (non-hydrogen) atoms. The van der Waals surface area contributed by atoms with Crippen LogP contribution in [-0.2, 0) is 11.3 Å². The Morgan fingerprint density at radius 1 is 1.15 bits per heavy atom. The fourth-order valence-corrected chi connectivity index (χ4v) is 4.14. The van der Waals surface area contributed by atoms with Gasteiger partial charge < -0.3 is 5.32 Å². The average molecular weight is 446 g/mol. The molecule has 0 aliphatic carbocycles. The molecule has 5 rings (SSSR count). The highest BCUT2D eigenvalue weighted by Gasteiger charge is 2.40. The Morgan fingerprint density at radius 3 is 2.73 bits per heavy atom. The minimum absolute atomic E-state index is 0.172. The number of aliphatic imine (C=N–C) groups is 1. The van der Waals surface area contributed by atoms with Crippen molar-refractivity contribution in [3.63, 3.8) is 0 Å². The number of hydrogen-bond donors (Lipinski definition) is 1. The number of nitrogens with zero attached hydrogens (tertiary/aromatic N) is 5. The Morgan fingerprint density at radius 2 is 1.94 bits per heavy atom. The molecule has 0 radical (unpaired) electrons. The van der Waals surface area contributed by atoms with Crippen molar-refractivity contribution in [1.29, 1.82) is 0 Å². The smallest absolute Gasteiger partial charge is 0.331 e. The van der Waals surface area contributed by atoms with Gasteiger partial charge in [-0.25, -0.2) is 13.9 Å². The average Bonchev–Trinajstić information content (AvgIpc) is 3.27. The van der Waals surface area contributed by atoms with E-state index >= 15 is 0 Å². The molecule has 2 aromatic carbocycles. The van der Waals surface area contributed by atoms with E-state index in [4.69, 9.17) is 0 Å². The van der Waals surface area contributed by atoms with Crippen molar-refractivity contribution < 1.29 is 14.0 Å². The SMILES string of the molecule is Cc1ccccc1-n1ncc2c1N(CC(=O)NCc1ccc(F)cc1)C(=O)N1CCCN=C21. The summed E-state index contributed by atoms with van der Waals surface area (Å²) in [6.45, 7) is 3.22. The lowest BCUT2D eigenvalue weighted by Crippen LogP contribution is -2.55. The number of amides is 3. The second-order valence-electron chi connectivity index (χ2n) is 8.06. The number of nitrogens with one attached hydrogen (secondary N) is 1. The molecule has 1 N–H and O–H groups in total. The van der Waals surface area contributed by atoms with Gasteiger partial charge in [-0.2, -0.15) is 5.10 Å². The monoisotopic (exact) mass is 446 g/mol. The molecule has 0 atom stereocenters. The number of carbonyl (C=O) groups excluding carboxylic acids is 2. The van der Waals surface area contributed by atoms with Gasteiger partial charge >= 0.3 is 6.03 Å². The molecule has 168 valence electrons.